The highest BCUT2D eigenvalue weighted by Crippen LogP contribution is 2.29. The van der Waals surface area contributed by atoms with Gasteiger partial charge in [0, 0.05) is 12.6 Å². The fraction of sp³-hybridized carbons (Fsp3) is 0.400. The van der Waals surface area contributed by atoms with Gasteiger partial charge in [-0.25, -0.2) is 0 Å². The smallest absolute Gasteiger partial charge is 0.129 e. The number of aromatic nitrogens is 2. The van der Waals surface area contributed by atoms with Crippen LogP contribution in [0.25, 0.3) is 11.1 Å². The Hall–Kier alpha value is -1.77. The normalized spacial score (nSPS) is 11.2. The van der Waals surface area contributed by atoms with E-state index in [1.807, 2.05) is 14.0 Å². The molecule has 3 heteroatoms. The molecule has 0 spiro atoms. The molecule has 0 atom stereocenters. The molecule has 2 rings (SSSR count). The zero-order valence-electron chi connectivity index (χ0n) is 11.6. The number of aryl methyl sites for hydroxylation is 2. The molecule has 0 saturated heterocycles. The van der Waals surface area contributed by atoms with E-state index < -0.39 is 0 Å². The summed E-state index contributed by atoms with van der Waals surface area (Å²) in [5, 5.41) is 4.35. The van der Waals surface area contributed by atoms with E-state index in [2.05, 4.69) is 43.2 Å². The van der Waals surface area contributed by atoms with Crippen molar-refractivity contribution in [3.05, 3.63) is 35.5 Å². The molecule has 1 aromatic heterocycles. The van der Waals surface area contributed by atoms with E-state index in [9.17, 15) is 0 Å². The summed E-state index contributed by atoms with van der Waals surface area (Å²) in [7, 11) is 1.87. The lowest BCUT2D eigenvalue weighted by Crippen LogP contribution is -1.98. The lowest BCUT2D eigenvalue weighted by atomic mass is 9.99. The third-order valence-electron chi connectivity index (χ3n) is 3.15. The second-order valence-electron chi connectivity index (χ2n) is 5.26. The van der Waals surface area contributed by atoms with Crippen LogP contribution >= 0.6 is 0 Å². The lowest BCUT2D eigenvalue weighted by Gasteiger charge is -2.07. The lowest BCUT2D eigenvalue weighted by molar-refractivity contribution is 0.647. The van der Waals surface area contributed by atoms with Gasteiger partial charge in [0.25, 0.3) is 0 Å². The number of hydrogen-bond donors (Lipinski definition) is 1. The number of nitrogen functional groups attached to an aromatic ring is 1. The largest absolute Gasteiger partial charge is 0.383 e. The first-order chi connectivity index (χ1) is 8.49. The number of nitrogens with two attached hydrogens (primary N) is 1. The Morgan fingerprint density at radius 1 is 1.22 bits per heavy atom. The third kappa shape index (κ3) is 2.40. The average molecular weight is 243 g/mol. The van der Waals surface area contributed by atoms with Crippen molar-refractivity contribution in [3.8, 4) is 11.1 Å². The maximum absolute atomic E-state index is 6.05. The van der Waals surface area contributed by atoms with Gasteiger partial charge >= 0.3 is 0 Å². The highest BCUT2D eigenvalue weighted by Gasteiger charge is 2.12. The van der Waals surface area contributed by atoms with Crippen molar-refractivity contribution in [2.45, 2.75) is 27.2 Å². The summed E-state index contributed by atoms with van der Waals surface area (Å²) in [4.78, 5) is 0. The van der Waals surface area contributed by atoms with Crippen LogP contribution in [0.1, 0.15) is 25.1 Å². The number of anilines is 1. The molecule has 0 aliphatic heterocycles. The summed E-state index contributed by atoms with van der Waals surface area (Å²) in [6.45, 7) is 6.46. The van der Waals surface area contributed by atoms with Gasteiger partial charge in [0.05, 0.1) is 5.69 Å². The SMILES string of the molecule is Cc1nn(C)c(N)c1-c1ccc(CC(C)C)cc1. The van der Waals surface area contributed by atoms with Crippen LogP contribution in [0.2, 0.25) is 0 Å². The predicted octanol–water partition coefficient (Wildman–Crippen LogP) is 3.18. The highest BCUT2D eigenvalue weighted by atomic mass is 15.3. The molecule has 0 aliphatic carbocycles. The number of hydrogen-bond acceptors (Lipinski definition) is 2. The quantitative estimate of drug-likeness (QED) is 0.899. The monoisotopic (exact) mass is 243 g/mol. The Morgan fingerprint density at radius 3 is 2.28 bits per heavy atom. The molecule has 0 radical (unpaired) electrons. The molecule has 2 aromatic rings. The van der Waals surface area contributed by atoms with Gasteiger partial charge in [0.15, 0.2) is 0 Å². The molecule has 96 valence electrons. The van der Waals surface area contributed by atoms with E-state index in [1.165, 1.54) is 5.56 Å². The van der Waals surface area contributed by atoms with E-state index in [-0.39, 0.29) is 0 Å². The van der Waals surface area contributed by atoms with Crippen LogP contribution in [0.15, 0.2) is 24.3 Å². The van der Waals surface area contributed by atoms with Gasteiger partial charge in [0.2, 0.25) is 0 Å². The zero-order valence-corrected chi connectivity index (χ0v) is 11.6. The predicted molar refractivity (Wildman–Crippen MR) is 76.3 cm³/mol. The molecule has 0 unspecified atom stereocenters. The van der Waals surface area contributed by atoms with Gasteiger partial charge in [-0.15, -0.1) is 0 Å². The number of nitrogens with zero attached hydrogens (tertiary/aromatic N) is 2. The van der Waals surface area contributed by atoms with Crippen molar-refractivity contribution in [1.82, 2.24) is 9.78 Å². The Labute approximate surface area is 109 Å². The molecule has 1 aromatic carbocycles. The van der Waals surface area contributed by atoms with Crippen LogP contribution in [0.3, 0.4) is 0 Å². The Kier molecular flexibility index (Phi) is 3.41. The van der Waals surface area contributed by atoms with Crippen molar-refractivity contribution >= 4 is 5.82 Å². The van der Waals surface area contributed by atoms with Crippen molar-refractivity contribution in [2.75, 3.05) is 5.73 Å². The highest BCUT2D eigenvalue weighted by molar-refractivity contribution is 5.76. The summed E-state index contributed by atoms with van der Waals surface area (Å²) in [6, 6.07) is 8.64. The van der Waals surface area contributed by atoms with E-state index in [0.29, 0.717) is 5.92 Å². The fourth-order valence-corrected chi connectivity index (χ4v) is 2.31. The second kappa shape index (κ2) is 4.84. The van der Waals surface area contributed by atoms with Gasteiger partial charge < -0.3 is 5.73 Å². The summed E-state index contributed by atoms with van der Waals surface area (Å²) >= 11 is 0. The van der Waals surface area contributed by atoms with E-state index in [4.69, 9.17) is 5.73 Å². The molecule has 1 heterocycles. The maximum Gasteiger partial charge on any atom is 0.129 e. The number of benzene rings is 1. The third-order valence-corrected chi connectivity index (χ3v) is 3.15. The van der Waals surface area contributed by atoms with Gasteiger partial charge in [-0.05, 0) is 30.4 Å². The molecule has 3 nitrogen and oxygen atoms in total. The minimum absolute atomic E-state index is 0.682. The van der Waals surface area contributed by atoms with Crippen molar-refractivity contribution < 1.29 is 0 Å². The van der Waals surface area contributed by atoms with E-state index in [1.54, 1.807) is 4.68 Å². The van der Waals surface area contributed by atoms with Crippen molar-refractivity contribution in [1.29, 1.82) is 0 Å². The maximum atomic E-state index is 6.05. The Bertz CT molecular complexity index is 536. The van der Waals surface area contributed by atoms with Crippen LogP contribution in [0.5, 0.6) is 0 Å². The Balaban J connectivity index is 2.34. The second-order valence-corrected chi connectivity index (χ2v) is 5.26. The van der Waals surface area contributed by atoms with Gasteiger partial charge in [-0.2, -0.15) is 5.10 Å². The first kappa shape index (κ1) is 12.7. The Morgan fingerprint density at radius 2 is 1.83 bits per heavy atom. The fourth-order valence-electron chi connectivity index (χ4n) is 2.31. The standard InChI is InChI=1S/C15H21N3/c1-10(2)9-12-5-7-13(8-6-12)14-11(3)17-18(4)15(14)16/h5-8,10H,9,16H2,1-4H3. The summed E-state index contributed by atoms with van der Waals surface area (Å²) < 4.78 is 1.73. The average Bonchev–Trinajstić information content (AvgIpc) is 2.54. The minimum Gasteiger partial charge on any atom is -0.383 e. The number of rotatable bonds is 3. The molecule has 0 saturated carbocycles. The molecular formula is C15H21N3. The van der Waals surface area contributed by atoms with Gasteiger partial charge in [-0.3, -0.25) is 4.68 Å². The first-order valence-electron chi connectivity index (χ1n) is 6.37. The van der Waals surface area contributed by atoms with Crippen molar-refractivity contribution in [3.63, 3.8) is 0 Å². The molecule has 0 fully saturated rings. The van der Waals surface area contributed by atoms with Crippen LogP contribution < -0.4 is 5.73 Å². The van der Waals surface area contributed by atoms with Gasteiger partial charge in [-0.1, -0.05) is 38.1 Å². The summed E-state index contributed by atoms with van der Waals surface area (Å²) in [6.07, 6.45) is 1.11. The van der Waals surface area contributed by atoms with Crippen molar-refractivity contribution in [2.24, 2.45) is 13.0 Å². The summed E-state index contributed by atoms with van der Waals surface area (Å²) in [5.74, 6) is 1.41. The van der Waals surface area contributed by atoms with Gasteiger partial charge in [0.1, 0.15) is 5.82 Å². The molecule has 2 N–H and O–H groups in total. The minimum atomic E-state index is 0.682. The zero-order chi connectivity index (χ0) is 13.3. The molecule has 0 bridgehead atoms. The van der Waals surface area contributed by atoms with E-state index in [0.717, 1.165) is 29.1 Å². The molecule has 0 aliphatic rings. The van der Waals surface area contributed by atoms with Crippen LogP contribution in [0.4, 0.5) is 5.82 Å². The molecular weight excluding hydrogens is 222 g/mol. The van der Waals surface area contributed by atoms with E-state index >= 15 is 0 Å². The van der Waals surface area contributed by atoms with Crippen LogP contribution in [0, 0.1) is 12.8 Å². The summed E-state index contributed by atoms with van der Waals surface area (Å²) in [5.41, 5.74) is 10.6. The van der Waals surface area contributed by atoms with Crippen LogP contribution in [-0.2, 0) is 13.5 Å². The topological polar surface area (TPSA) is 43.8 Å². The molecule has 0 amide bonds. The first-order valence-corrected chi connectivity index (χ1v) is 6.37. The van der Waals surface area contributed by atoms with Crippen LogP contribution in [-0.4, -0.2) is 9.78 Å². The molecule has 18 heavy (non-hydrogen) atoms.